The van der Waals surface area contributed by atoms with Crippen molar-refractivity contribution in [2.45, 2.75) is 25.7 Å². The van der Waals surface area contributed by atoms with Gasteiger partial charge in [-0.05, 0) is 36.8 Å². The number of rotatable bonds is 4. The first kappa shape index (κ1) is 13.9. The quantitative estimate of drug-likeness (QED) is 0.937. The Hall–Kier alpha value is -2.10. The van der Waals surface area contributed by atoms with Gasteiger partial charge in [-0.25, -0.2) is 0 Å². The number of carbonyl (C=O) groups is 1. The van der Waals surface area contributed by atoms with Crippen LogP contribution in [-0.4, -0.2) is 34.1 Å². The molecule has 1 aliphatic rings. The molecule has 0 spiro atoms. The van der Waals surface area contributed by atoms with E-state index in [1.54, 1.807) is 6.20 Å². The van der Waals surface area contributed by atoms with Crippen LogP contribution in [0.3, 0.4) is 0 Å². The first-order valence-corrected chi connectivity index (χ1v) is 7.61. The second-order valence-electron chi connectivity index (χ2n) is 5.77. The zero-order valence-corrected chi connectivity index (χ0v) is 12.2. The molecule has 1 aliphatic heterocycles. The number of hydrogen-bond acceptors (Lipinski definition) is 2. The molecule has 0 bridgehead atoms. The summed E-state index contributed by atoms with van der Waals surface area (Å²) < 4.78 is 0. The van der Waals surface area contributed by atoms with E-state index in [4.69, 9.17) is 0 Å². The number of amides is 1. The van der Waals surface area contributed by atoms with E-state index in [1.165, 1.54) is 5.56 Å². The number of nitrogens with one attached hydrogen (secondary N) is 1. The lowest BCUT2D eigenvalue weighted by Crippen LogP contribution is -2.39. The van der Waals surface area contributed by atoms with Gasteiger partial charge in [-0.3, -0.25) is 9.89 Å². The summed E-state index contributed by atoms with van der Waals surface area (Å²) in [6.07, 6.45) is 5.45. The van der Waals surface area contributed by atoms with Gasteiger partial charge in [-0.1, -0.05) is 30.3 Å². The average molecular weight is 283 g/mol. The minimum Gasteiger partial charge on any atom is -0.342 e. The Kier molecular flexibility index (Phi) is 4.34. The lowest BCUT2D eigenvalue weighted by atomic mass is 9.90. The van der Waals surface area contributed by atoms with E-state index in [2.05, 4.69) is 40.5 Å². The summed E-state index contributed by atoms with van der Waals surface area (Å²) in [6.45, 7) is 1.76. The number of hydrogen-bond donors (Lipinski definition) is 1. The maximum absolute atomic E-state index is 12.2. The minimum absolute atomic E-state index is 0.206. The van der Waals surface area contributed by atoms with Gasteiger partial charge < -0.3 is 4.90 Å². The fourth-order valence-electron chi connectivity index (χ4n) is 2.99. The number of piperidine rings is 1. The fraction of sp³-hybridized carbons (Fsp3) is 0.412. The van der Waals surface area contributed by atoms with Crippen molar-refractivity contribution in [2.75, 3.05) is 13.1 Å². The van der Waals surface area contributed by atoms with Crippen LogP contribution in [0.25, 0.3) is 0 Å². The molecule has 0 radical (unpaired) electrons. The van der Waals surface area contributed by atoms with Crippen LogP contribution in [0.4, 0.5) is 0 Å². The Morgan fingerprint density at radius 2 is 1.95 bits per heavy atom. The molecule has 1 aromatic carbocycles. The normalized spacial score (nSPS) is 16.1. The summed E-state index contributed by atoms with van der Waals surface area (Å²) >= 11 is 0. The molecule has 1 saturated heterocycles. The predicted molar refractivity (Wildman–Crippen MR) is 81.7 cm³/mol. The highest BCUT2D eigenvalue weighted by Gasteiger charge is 2.23. The highest BCUT2D eigenvalue weighted by molar-refractivity contribution is 5.78. The molecule has 21 heavy (non-hydrogen) atoms. The Labute approximate surface area is 125 Å². The van der Waals surface area contributed by atoms with E-state index in [-0.39, 0.29) is 5.91 Å². The van der Waals surface area contributed by atoms with Crippen molar-refractivity contribution in [3.05, 3.63) is 53.9 Å². The van der Waals surface area contributed by atoms with Gasteiger partial charge in [0.2, 0.25) is 5.91 Å². The number of benzene rings is 1. The maximum Gasteiger partial charge on any atom is 0.228 e. The second kappa shape index (κ2) is 6.57. The van der Waals surface area contributed by atoms with Crippen molar-refractivity contribution in [2.24, 2.45) is 5.92 Å². The molecule has 3 rings (SSSR count). The molecule has 2 heterocycles. The summed E-state index contributed by atoms with van der Waals surface area (Å²) in [5, 5.41) is 6.73. The third-order valence-corrected chi connectivity index (χ3v) is 4.23. The first-order chi connectivity index (χ1) is 10.3. The van der Waals surface area contributed by atoms with Gasteiger partial charge in [0, 0.05) is 25.0 Å². The van der Waals surface area contributed by atoms with Crippen LogP contribution in [0.2, 0.25) is 0 Å². The lowest BCUT2D eigenvalue weighted by Gasteiger charge is -2.32. The topological polar surface area (TPSA) is 49.0 Å². The van der Waals surface area contributed by atoms with Gasteiger partial charge in [0.05, 0.1) is 6.42 Å². The minimum atomic E-state index is 0.206. The summed E-state index contributed by atoms with van der Waals surface area (Å²) in [5.74, 6) is 0.904. The summed E-state index contributed by atoms with van der Waals surface area (Å²) in [6, 6.07) is 12.5. The van der Waals surface area contributed by atoms with E-state index in [1.807, 2.05) is 11.0 Å². The van der Waals surface area contributed by atoms with Gasteiger partial charge in [0.1, 0.15) is 0 Å². The lowest BCUT2D eigenvalue weighted by molar-refractivity contribution is -0.131. The van der Waals surface area contributed by atoms with Crippen LogP contribution in [-0.2, 0) is 17.6 Å². The molecule has 2 aromatic rings. The molecule has 1 N–H and O–H groups in total. The molecule has 0 aliphatic carbocycles. The largest absolute Gasteiger partial charge is 0.342 e. The Bertz CT molecular complexity index is 557. The molecule has 1 amide bonds. The van der Waals surface area contributed by atoms with Crippen LogP contribution in [0.5, 0.6) is 0 Å². The molecule has 0 saturated carbocycles. The van der Waals surface area contributed by atoms with E-state index in [9.17, 15) is 4.79 Å². The standard InChI is InChI=1S/C17H21N3O/c21-17(13-16-6-9-18-19-16)20-10-7-15(8-11-20)12-14-4-2-1-3-5-14/h1-6,9,15H,7-8,10-13H2,(H,18,19). The van der Waals surface area contributed by atoms with E-state index in [0.717, 1.165) is 38.0 Å². The van der Waals surface area contributed by atoms with Crippen LogP contribution < -0.4 is 0 Å². The highest BCUT2D eigenvalue weighted by atomic mass is 16.2. The van der Waals surface area contributed by atoms with Crippen LogP contribution in [0.15, 0.2) is 42.6 Å². The number of carbonyl (C=O) groups excluding carboxylic acids is 1. The van der Waals surface area contributed by atoms with Crippen LogP contribution >= 0.6 is 0 Å². The average Bonchev–Trinajstić information content (AvgIpc) is 3.02. The molecule has 0 atom stereocenters. The molecule has 110 valence electrons. The number of likely N-dealkylation sites (tertiary alicyclic amines) is 1. The Balaban J connectivity index is 1.47. The smallest absolute Gasteiger partial charge is 0.228 e. The van der Waals surface area contributed by atoms with E-state index in [0.29, 0.717) is 12.3 Å². The van der Waals surface area contributed by atoms with Gasteiger partial charge in [0.15, 0.2) is 0 Å². The third-order valence-electron chi connectivity index (χ3n) is 4.23. The van der Waals surface area contributed by atoms with Crippen molar-refractivity contribution < 1.29 is 4.79 Å². The number of aromatic nitrogens is 2. The summed E-state index contributed by atoms with van der Waals surface area (Å²) in [7, 11) is 0. The molecule has 4 heteroatoms. The zero-order valence-electron chi connectivity index (χ0n) is 12.2. The van der Waals surface area contributed by atoms with Crippen molar-refractivity contribution in [1.82, 2.24) is 15.1 Å². The van der Waals surface area contributed by atoms with Crippen molar-refractivity contribution >= 4 is 5.91 Å². The van der Waals surface area contributed by atoms with Gasteiger partial charge in [-0.15, -0.1) is 0 Å². The first-order valence-electron chi connectivity index (χ1n) is 7.61. The van der Waals surface area contributed by atoms with E-state index < -0.39 is 0 Å². The highest BCUT2D eigenvalue weighted by Crippen LogP contribution is 2.22. The maximum atomic E-state index is 12.2. The van der Waals surface area contributed by atoms with Crippen molar-refractivity contribution in [1.29, 1.82) is 0 Å². The Morgan fingerprint density at radius 3 is 2.62 bits per heavy atom. The SMILES string of the molecule is O=C(Cc1ccn[nH]1)N1CCC(Cc2ccccc2)CC1. The number of nitrogens with zero attached hydrogens (tertiary/aromatic N) is 2. The van der Waals surface area contributed by atoms with Gasteiger partial charge in [-0.2, -0.15) is 5.10 Å². The summed E-state index contributed by atoms with van der Waals surface area (Å²) in [5.41, 5.74) is 2.30. The molecule has 1 aromatic heterocycles. The van der Waals surface area contributed by atoms with E-state index >= 15 is 0 Å². The fourth-order valence-corrected chi connectivity index (χ4v) is 2.99. The molecular weight excluding hydrogens is 262 g/mol. The van der Waals surface area contributed by atoms with Gasteiger partial charge >= 0.3 is 0 Å². The molecule has 0 unspecified atom stereocenters. The van der Waals surface area contributed by atoms with Crippen LogP contribution in [0.1, 0.15) is 24.1 Å². The molecule has 4 nitrogen and oxygen atoms in total. The second-order valence-corrected chi connectivity index (χ2v) is 5.77. The van der Waals surface area contributed by atoms with Gasteiger partial charge in [0.25, 0.3) is 0 Å². The van der Waals surface area contributed by atoms with Crippen LogP contribution in [0, 0.1) is 5.92 Å². The number of aromatic amines is 1. The van der Waals surface area contributed by atoms with Crippen molar-refractivity contribution in [3.8, 4) is 0 Å². The monoisotopic (exact) mass is 283 g/mol. The Morgan fingerprint density at radius 1 is 1.19 bits per heavy atom. The summed E-state index contributed by atoms with van der Waals surface area (Å²) in [4.78, 5) is 14.2. The van der Waals surface area contributed by atoms with Crippen molar-refractivity contribution in [3.63, 3.8) is 0 Å². The zero-order chi connectivity index (χ0) is 14.5. The predicted octanol–water partition coefficient (Wildman–Crippen LogP) is 2.43. The number of H-pyrrole nitrogens is 1. The molecule has 1 fully saturated rings. The molecular formula is C17H21N3O. The third kappa shape index (κ3) is 3.72.